The van der Waals surface area contributed by atoms with Crippen molar-refractivity contribution in [2.24, 2.45) is 4.99 Å². The molecule has 1 aromatic carbocycles. The van der Waals surface area contributed by atoms with E-state index in [0.717, 1.165) is 5.56 Å². The summed E-state index contributed by atoms with van der Waals surface area (Å²) in [6.45, 7) is 18.9. The van der Waals surface area contributed by atoms with Gasteiger partial charge in [0.2, 0.25) is 5.90 Å². The second-order valence-electron chi connectivity index (χ2n) is 9.65. The van der Waals surface area contributed by atoms with E-state index in [-0.39, 0.29) is 23.0 Å². The van der Waals surface area contributed by atoms with Gasteiger partial charge in [0.15, 0.2) is 0 Å². The van der Waals surface area contributed by atoms with E-state index in [1.165, 1.54) is 11.1 Å². The van der Waals surface area contributed by atoms with Crippen LogP contribution in [0.4, 0.5) is 0 Å². The molecular formula is C21H33NO2. The molecule has 3 nitrogen and oxygen atoms in total. The maximum atomic E-state index is 10.3. The fourth-order valence-corrected chi connectivity index (χ4v) is 2.99. The summed E-state index contributed by atoms with van der Waals surface area (Å²) in [5, 5.41) is 10.3. The Morgan fingerprint density at radius 3 is 1.67 bits per heavy atom. The number of benzene rings is 1. The minimum absolute atomic E-state index is 0.0520. The van der Waals surface area contributed by atoms with Crippen molar-refractivity contribution in [3.8, 4) is 0 Å². The topological polar surface area (TPSA) is 41.8 Å². The van der Waals surface area contributed by atoms with Crippen molar-refractivity contribution in [2.75, 3.05) is 0 Å². The summed E-state index contributed by atoms with van der Waals surface area (Å²) in [5.74, 6) is 0.645. The van der Waals surface area contributed by atoms with Gasteiger partial charge in [0.1, 0.15) is 12.1 Å². The zero-order valence-corrected chi connectivity index (χ0v) is 16.7. The highest BCUT2D eigenvalue weighted by Crippen LogP contribution is 2.33. The number of rotatable bonds is 2. The molecule has 1 N–H and O–H groups in total. The van der Waals surface area contributed by atoms with Crippen LogP contribution >= 0.6 is 0 Å². The van der Waals surface area contributed by atoms with E-state index in [4.69, 9.17) is 9.73 Å². The Kier molecular flexibility index (Phi) is 4.64. The third kappa shape index (κ3) is 4.00. The lowest BCUT2D eigenvalue weighted by atomic mass is 9.79. The third-order valence-corrected chi connectivity index (χ3v) is 4.63. The molecule has 0 radical (unpaired) electrons. The molecule has 1 heterocycles. The number of aliphatic hydroxyl groups is 1. The molecule has 2 atom stereocenters. The molecular weight excluding hydrogens is 298 g/mol. The zero-order chi connectivity index (χ0) is 18.5. The molecule has 0 fully saturated rings. The fraction of sp³-hybridized carbons (Fsp3) is 0.667. The Morgan fingerprint density at radius 2 is 1.33 bits per heavy atom. The molecule has 0 spiro atoms. The van der Waals surface area contributed by atoms with Crippen molar-refractivity contribution >= 4 is 5.90 Å². The van der Waals surface area contributed by atoms with Crippen LogP contribution in [-0.2, 0) is 15.6 Å². The monoisotopic (exact) mass is 331 g/mol. The lowest BCUT2D eigenvalue weighted by Gasteiger charge is -2.26. The Balaban J connectivity index is 2.55. The zero-order valence-electron chi connectivity index (χ0n) is 16.7. The second kappa shape index (κ2) is 5.87. The van der Waals surface area contributed by atoms with Gasteiger partial charge < -0.3 is 9.84 Å². The average molecular weight is 332 g/mol. The Morgan fingerprint density at radius 1 is 0.875 bits per heavy atom. The Hall–Kier alpha value is -1.35. The molecule has 1 aromatic rings. The maximum absolute atomic E-state index is 10.3. The first-order valence-electron chi connectivity index (χ1n) is 8.83. The van der Waals surface area contributed by atoms with Crippen LogP contribution < -0.4 is 0 Å². The summed E-state index contributed by atoms with van der Waals surface area (Å²) in [7, 11) is 0. The van der Waals surface area contributed by atoms with Gasteiger partial charge in [0.05, 0.1) is 5.60 Å². The molecule has 0 aliphatic carbocycles. The van der Waals surface area contributed by atoms with Crippen LogP contribution in [0.3, 0.4) is 0 Å². The van der Waals surface area contributed by atoms with Gasteiger partial charge in [-0.25, -0.2) is 4.99 Å². The van der Waals surface area contributed by atoms with E-state index >= 15 is 0 Å². The minimum atomic E-state index is -0.893. The third-order valence-electron chi connectivity index (χ3n) is 4.63. The molecule has 1 aliphatic rings. The highest BCUT2D eigenvalue weighted by molar-refractivity contribution is 5.96. The summed E-state index contributed by atoms with van der Waals surface area (Å²) in [4.78, 5) is 4.70. The van der Waals surface area contributed by atoms with Gasteiger partial charge in [-0.2, -0.15) is 0 Å². The number of nitrogens with zero attached hydrogens (tertiary/aromatic N) is 1. The Labute approximate surface area is 147 Å². The molecule has 0 bridgehead atoms. The van der Waals surface area contributed by atoms with Crippen LogP contribution in [0.25, 0.3) is 0 Å². The quantitative estimate of drug-likeness (QED) is 0.861. The molecule has 0 amide bonds. The van der Waals surface area contributed by atoms with Gasteiger partial charge in [0, 0.05) is 5.56 Å². The fourth-order valence-electron chi connectivity index (χ4n) is 2.99. The van der Waals surface area contributed by atoms with E-state index in [1.54, 1.807) is 13.8 Å². The predicted octanol–water partition coefficient (Wildman–Crippen LogP) is 4.59. The minimum Gasteiger partial charge on any atom is -0.472 e. The second-order valence-corrected chi connectivity index (χ2v) is 9.65. The van der Waals surface area contributed by atoms with Crippen LogP contribution in [0.2, 0.25) is 0 Å². The molecule has 3 heteroatoms. The van der Waals surface area contributed by atoms with Crippen molar-refractivity contribution in [2.45, 2.75) is 90.9 Å². The van der Waals surface area contributed by atoms with Crippen LogP contribution in [0, 0.1) is 0 Å². The lowest BCUT2D eigenvalue weighted by molar-refractivity contribution is 0.0215. The highest BCUT2D eigenvalue weighted by atomic mass is 16.5. The number of hydrogen-bond donors (Lipinski definition) is 1. The largest absolute Gasteiger partial charge is 0.472 e. The van der Waals surface area contributed by atoms with Gasteiger partial charge in [0.25, 0.3) is 0 Å². The van der Waals surface area contributed by atoms with Crippen LogP contribution in [0.1, 0.15) is 79.0 Å². The van der Waals surface area contributed by atoms with E-state index in [0.29, 0.717) is 5.90 Å². The lowest BCUT2D eigenvalue weighted by Crippen LogP contribution is -2.40. The SMILES string of the molecule is CC1OC(c2cc(C(C)(C)C)cc(C(C)(C)C)c2)=NC1C(C)(C)O. The summed E-state index contributed by atoms with van der Waals surface area (Å²) in [6, 6.07) is 6.39. The molecule has 24 heavy (non-hydrogen) atoms. The van der Waals surface area contributed by atoms with Crippen molar-refractivity contribution < 1.29 is 9.84 Å². The predicted molar refractivity (Wildman–Crippen MR) is 101 cm³/mol. The van der Waals surface area contributed by atoms with Gasteiger partial charge in [-0.3, -0.25) is 0 Å². The van der Waals surface area contributed by atoms with Gasteiger partial charge in [-0.05, 0) is 54.9 Å². The van der Waals surface area contributed by atoms with Crippen molar-refractivity contribution in [1.82, 2.24) is 0 Å². The summed E-state index contributed by atoms with van der Waals surface area (Å²) in [5.41, 5.74) is 2.76. The maximum Gasteiger partial charge on any atom is 0.216 e. The van der Waals surface area contributed by atoms with Crippen molar-refractivity contribution in [3.05, 3.63) is 34.9 Å². The number of hydrogen-bond acceptors (Lipinski definition) is 3. The van der Waals surface area contributed by atoms with E-state index in [1.807, 2.05) is 6.92 Å². The van der Waals surface area contributed by atoms with Gasteiger partial charge in [-0.1, -0.05) is 47.6 Å². The molecule has 134 valence electrons. The first-order valence-corrected chi connectivity index (χ1v) is 8.83. The molecule has 2 unspecified atom stereocenters. The number of ether oxygens (including phenoxy) is 1. The summed E-state index contributed by atoms with van der Waals surface area (Å²) < 4.78 is 6.01. The van der Waals surface area contributed by atoms with Crippen LogP contribution in [-0.4, -0.2) is 28.8 Å². The van der Waals surface area contributed by atoms with E-state index in [9.17, 15) is 5.11 Å². The molecule has 1 aliphatic heterocycles. The average Bonchev–Trinajstić information content (AvgIpc) is 2.78. The standard InChI is InChI=1S/C21H33NO2/c1-13-17(21(8,9)23)22-18(24-13)14-10-15(19(2,3)4)12-16(11-14)20(5,6)7/h10-13,17,23H,1-9H3. The van der Waals surface area contributed by atoms with E-state index in [2.05, 4.69) is 59.7 Å². The smallest absolute Gasteiger partial charge is 0.216 e. The number of aliphatic imine (C=N–C) groups is 1. The van der Waals surface area contributed by atoms with Crippen molar-refractivity contribution in [1.29, 1.82) is 0 Å². The Bertz CT molecular complexity index is 607. The van der Waals surface area contributed by atoms with Crippen LogP contribution in [0.5, 0.6) is 0 Å². The normalized spacial score (nSPS) is 22.3. The first kappa shape index (κ1) is 19.0. The summed E-state index contributed by atoms with van der Waals surface area (Å²) in [6.07, 6.45) is -0.128. The van der Waals surface area contributed by atoms with E-state index < -0.39 is 5.60 Å². The molecule has 0 saturated carbocycles. The van der Waals surface area contributed by atoms with Gasteiger partial charge in [-0.15, -0.1) is 0 Å². The van der Waals surface area contributed by atoms with Crippen LogP contribution in [0.15, 0.2) is 23.2 Å². The van der Waals surface area contributed by atoms with Gasteiger partial charge >= 0.3 is 0 Å². The molecule has 0 aromatic heterocycles. The molecule has 0 saturated heterocycles. The summed E-state index contributed by atoms with van der Waals surface area (Å²) >= 11 is 0. The van der Waals surface area contributed by atoms with Crippen molar-refractivity contribution in [3.63, 3.8) is 0 Å². The highest BCUT2D eigenvalue weighted by Gasteiger charge is 2.38. The molecule has 2 rings (SSSR count). The first-order chi connectivity index (χ1) is 10.7.